The molecule has 1 heterocycles. The van der Waals surface area contributed by atoms with Crippen LogP contribution >= 0.6 is 12.4 Å². The number of halogens is 1. The number of methoxy groups -OCH3 is 1. The van der Waals surface area contributed by atoms with Crippen LogP contribution in [0, 0.1) is 5.92 Å². The van der Waals surface area contributed by atoms with Crippen molar-refractivity contribution in [1.29, 1.82) is 0 Å². The van der Waals surface area contributed by atoms with Crippen LogP contribution < -0.4 is 10.1 Å². The lowest BCUT2D eigenvalue weighted by Crippen LogP contribution is -2.47. The Balaban J connectivity index is 0.00000420. The monoisotopic (exact) mass is 427 g/mol. The van der Waals surface area contributed by atoms with Gasteiger partial charge in [0.1, 0.15) is 5.75 Å². The fourth-order valence-corrected chi connectivity index (χ4v) is 3.36. The quantitative estimate of drug-likeness (QED) is 0.626. The molecular formula is C20H30ClN3O5. The van der Waals surface area contributed by atoms with Gasteiger partial charge in [0, 0.05) is 13.1 Å². The molecule has 1 aliphatic heterocycles. The van der Waals surface area contributed by atoms with E-state index in [9.17, 15) is 19.5 Å². The number of hydrogen-bond acceptors (Lipinski definition) is 5. The maximum atomic E-state index is 12.7. The Morgan fingerprint density at radius 3 is 2.69 bits per heavy atom. The van der Waals surface area contributed by atoms with Crippen LogP contribution in [-0.4, -0.2) is 72.5 Å². The van der Waals surface area contributed by atoms with Crippen LogP contribution in [0.25, 0.3) is 0 Å². The van der Waals surface area contributed by atoms with Gasteiger partial charge in [0.25, 0.3) is 0 Å². The number of nitrogens with zero attached hydrogens (tertiary/aromatic N) is 2. The molecule has 1 unspecified atom stereocenters. The SMILES string of the molecule is CCCN(CC(=O)Nc1ccccc1OC)C(=O)CN1CCCC(C(=O)O)C1.Cl. The number of rotatable bonds is 9. The first-order chi connectivity index (χ1) is 13.4. The number of para-hydroxylation sites is 2. The van der Waals surface area contributed by atoms with E-state index in [2.05, 4.69) is 5.32 Å². The van der Waals surface area contributed by atoms with Crippen molar-refractivity contribution in [3.05, 3.63) is 24.3 Å². The number of carboxylic acid groups (broad SMARTS) is 1. The first-order valence-electron chi connectivity index (χ1n) is 9.60. The van der Waals surface area contributed by atoms with Crippen molar-refractivity contribution < 1.29 is 24.2 Å². The van der Waals surface area contributed by atoms with Gasteiger partial charge >= 0.3 is 5.97 Å². The van der Waals surface area contributed by atoms with Crippen molar-refractivity contribution in [2.45, 2.75) is 26.2 Å². The van der Waals surface area contributed by atoms with E-state index in [1.54, 1.807) is 18.2 Å². The van der Waals surface area contributed by atoms with Crippen molar-refractivity contribution in [3.63, 3.8) is 0 Å². The number of piperidine rings is 1. The molecule has 8 nitrogen and oxygen atoms in total. The molecule has 0 radical (unpaired) electrons. The number of hydrogen-bond donors (Lipinski definition) is 2. The summed E-state index contributed by atoms with van der Waals surface area (Å²) in [5.74, 6) is -1.16. The van der Waals surface area contributed by atoms with Crippen LogP contribution in [0.1, 0.15) is 26.2 Å². The molecule has 1 aliphatic rings. The molecule has 1 fully saturated rings. The van der Waals surface area contributed by atoms with Crippen LogP contribution in [0.2, 0.25) is 0 Å². The largest absolute Gasteiger partial charge is 0.495 e. The van der Waals surface area contributed by atoms with Crippen LogP contribution in [0.4, 0.5) is 5.69 Å². The van der Waals surface area contributed by atoms with E-state index < -0.39 is 11.9 Å². The van der Waals surface area contributed by atoms with Crippen molar-refractivity contribution in [2.75, 3.05) is 45.2 Å². The summed E-state index contributed by atoms with van der Waals surface area (Å²) in [6, 6.07) is 7.09. The number of carboxylic acids is 1. The average molecular weight is 428 g/mol. The maximum absolute atomic E-state index is 12.7. The lowest BCUT2D eigenvalue weighted by atomic mass is 9.98. The van der Waals surface area contributed by atoms with Gasteiger partial charge in [0.2, 0.25) is 11.8 Å². The van der Waals surface area contributed by atoms with Crippen molar-refractivity contribution in [3.8, 4) is 5.75 Å². The predicted molar refractivity (Wildman–Crippen MR) is 113 cm³/mol. The minimum Gasteiger partial charge on any atom is -0.495 e. The molecule has 9 heteroatoms. The highest BCUT2D eigenvalue weighted by Crippen LogP contribution is 2.23. The van der Waals surface area contributed by atoms with E-state index in [4.69, 9.17) is 4.74 Å². The number of aliphatic carboxylic acids is 1. The maximum Gasteiger partial charge on any atom is 0.307 e. The number of ether oxygens (including phenoxy) is 1. The van der Waals surface area contributed by atoms with Gasteiger partial charge in [-0.05, 0) is 37.9 Å². The molecule has 0 spiro atoms. The first kappa shape index (κ1) is 24.7. The molecule has 0 saturated carbocycles. The van der Waals surface area contributed by atoms with E-state index in [-0.39, 0.29) is 37.3 Å². The van der Waals surface area contributed by atoms with E-state index in [0.717, 1.165) is 12.8 Å². The van der Waals surface area contributed by atoms with Gasteiger partial charge in [-0.2, -0.15) is 0 Å². The Morgan fingerprint density at radius 1 is 1.31 bits per heavy atom. The van der Waals surface area contributed by atoms with E-state index >= 15 is 0 Å². The number of carbonyl (C=O) groups is 3. The molecule has 2 amide bonds. The number of anilines is 1. The fraction of sp³-hybridized carbons (Fsp3) is 0.550. The minimum absolute atomic E-state index is 0. The third kappa shape index (κ3) is 7.55. The summed E-state index contributed by atoms with van der Waals surface area (Å²) < 4.78 is 5.23. The highest BCUT2D eigenvalue weighted by atomic mass is 35.5. The van der Waals surface area contributed by atoms with Gasteiger partial charge in [-0.25, -0.2) is 0 Å². The van der Waals surface area contributed by atoms with Crippen LogP contribution in [0.3, 0.4) is 0 Å². The number of likely N-dealkylation sites (tertiary alicyclic amines) is 1. The number of benzene rings is 1. The van der Waals surface area contributed by atoms with Crippen LogP contribution in [0.15, 0.2) is 24.3 Å². The van der Waals surface area contributed by atoms with Crippen LogP contribution in [-0.2, 0) is 14.4 Å². The zero-order valence-corrected chi connectivity index (χ0v) is 17.7. The van der Waals surface area contributed by atoms with Crippen LogP contribution in [0.5, 0.6) is 5.75 Å². The second-order valence-electron chi connectivity index (χ2n) is 6.98. The summed E-state index contributed by atoms with van der Waals surface area (Å²) in [5, 5.41) is 12.0. The third-order valence-corrected chi connectivity index (χ3v) is 4.78. The molecular weight excluding hydrogens is 398 g/mol. The molecule has 0 bridgehead atoms. The van der Waals surface area contributed by atoms with Crippen molar-refractivity contribution in [2.24, 2.45) is 5.92 Å². The highest BCUT2D eigenvalue weighted by molar-refractivity contribution is 5.95. The summed E-state index contributed by atoms with van der Waals surface area (Å²) in [6.07, 6.45) is 2.12. The molecule has 1 aromatic carbocycles. The fourth-order valence-electron chi connectivity index (χ4n) is 3.36. The lowest BCUT2D eigenvalue weighted by Gasteiger charge is -2.32. The summed E-state index contributed by atoms with van der Waals surface area (Å²) in [5.41, 5.74) is 0.555. The van der Waals surface area contributed by atoms with Gasteiger partial charge < -0.3 is 20.1 Å². The number of nitrogens with one attached hydrogen (secondary N) is 1. The molecule has 1 atom stereocenters. The summed E-state index contributed by atoms with van der Waals surface area (Å²) in [6.45, 7) is 3.55. The normalized spacial score (nSPS) is 16.4. The smallest absolute Gasteiger partial charge is 0.307 e. The van der Waals surface area contributed by atoms with Crippen molar-refractivity contribution >= 4 is 35.9 Å². The second kappa shape index (κ2) is 12.3. The molecule has 0 aliphatic carbocycles. The third-order valence-electron chi connectivity index (χ3n) is 4.78. The Kier molecular flexibility index (Phi) is 10.5. The number of amides is 2. The lowest BCUT2D eigenvalue weighted by molar-refractivity contribution is -0.145. The highest BCUT2D eigenvalue weighted by Gasteiger charge is 2.28. The van der Waals surface area contributed by atoms with E-state index in [0.29, 0.717) is 37.5 Å². The Morgan fingerprint density at radius 2 is 2.03 bits per heavy atom. The first-order valence-corrected chi connectivity index (χ1v) is 9.60. The topological polar surface area (TPSA) is 99.2 Å². The average Bonchev–Trinajstić information content (AvgIpc) is 2.68. The summed E-state index contributed by atoms with van der Waals surface area (Å²) in [7, 11) is 1.53. The zero-order chi connectivity index (χ0) is 20.5. The van der Waals surface area contributed by atoms with Gasteiger partial charge in [-0.3, -0.25) is 19.3 Å². The molecule has 2 rings (SSSR count). The molecule has 29 heavy (non-hydrogen) atoms. The Labute approximate surface area is 177 Å². The van der Waals surface area contributed by atoms with Crippen molar-refractivity contribution in [1.82, 2.24) is 9.80 Å². The summed E-state index contributed by atoms with van der Waals surface area (Å²) >= 11 is 0. The second-order valence-corrected chi connectivity index (χ2v) is 6.98. The summed E-state index contributed by atoms with van der Waals surface area (Å²) in [4.78, 5) is 39.8. The number of carbonyl (C=O) groups excluding carboxylic acids is 2. The molecule has 162 valence electrons. The minimum atomic E-state index is -0.821. The Hall–Kier alpha value is -2.32. The van der Waals surface area contributed by atoms with E-state index in [1.807, 2.05) is 17.9 Å². The van der Waals surface area contributed by atoms with Gasteiger partial charge in [-0.15, -0.1) is 12.4 Å². The van der Waals surface area contributed by atoms with E-state index in [1.165, 1.54) is 12.0 Å². The van der Waals surface area contributed by atoms with Gasteiger partial charge in [0.15, 0.2) is 0 Å². The van der Waals surface area contributed by atoms with Gasteiger partial charge in [-0.1, -0.05) is 19.1 Å². The standard InChI is InChI=1S/C20H29N3O5.ClH/c1-3-10-23(13-18(24)21-16-8-4-5-9-17(16)28-2)19(25)14-22-11-6-7-15(12-22)20(26)27;/h4-5,8-9,15H,3,6-7,10-14H2,1-2H3,(H,21,24)(H,26,27);1H. The molecule has 2 N–H and O–H groups in total. The molecule has 0 aromatic heterocycles. The molecule has 1 aromatic rings. The molecule has 1 saturated heterocycles. The van der Waals surface area contributed by atoms with Gasteiger partial charge in [0.05, 0.1) is 31.8 Å². The predicted octanol–water partition coefficient (Wildman–Crippen LogP) is 2.09. The Bertz CT molecular complexity index is 700. The zero-order valence-electron chi connectivity index (χ0n) is 16.9.